The van der Waals surface area contributed by atoms with Gasteiger partial charge in [0.15, 0.2) is 0 Å². The molecule has 1 saturated heterocycles. The zero-order valence-corrected chi connectivity index (χ0v) is 19.6. The summed E-state index contributed by atoms with van der Waals surface area (Å²) in [6, 6.07) is 15.5. The molecule has 1 aromatic heterocycles. The molecule has 1 amide bonds. The molecule has 33 heavy (non-hydrogen) atoms. The molecule has 2 heterocycles. The molecule has 3 aromatic rings. The Hall–Kier alpha value is -3.13. The van der Waals surface area contributed by atoms with E-state index < -0.39 is 0 Å². The third kappa shape index (κ3) is 5.63. The number of rotatable bonds is 6. The van der Waals surface area contributed by atoms with Gasteiger partial charge in [0, 0.05) is 38.0 Å². The summed E-state index contributed by atoms with van der Waals surface area (Å²) in [4.78, 5) is 29.0. The minimum absolute atomic E-state index is 0.106. The van der Waals surface area contributed by atoms with Crippen molar-refractivity contribution >= 4 is 23.5 Å². The molecular formula is C25H27FN4O2S. The highest BCUT2D eigenvalue weighted by Gasteiger charge is 2.22. The molecule has 2 aromatic carbocycles. The van der Waals surface area contributed by atoms with Crippen LogP contribution in [0.3, 0.4) is 0 Å². The molecule has 1 fully saturated rings. The highest BCUT2D eigenvalue weighted by molar-refractivity contribution is 7.99. The first-order valence-electron chi connectivity index (χ1n) is 10.9. The summed E-state index contributed by atoms with van der Waals surface area (Å²) in [6.07, 6.45) is 0. The second kappa shape index (κ2) is 10.2. The maximum atomic E-state index is 13.0. The molecule has 1 aliphatic heterocycles. The predicted molar refractivity (Wildman–Crippen MR) is 131 cm³/mol. The number of hydrogen-bond acceptors (Lipinski definition) is 5. The first-order valence-corrected chi connectivity index (χ1v) is 12.1. The van der Waals surface area contributed by atoms with Crippen LogP contribution in [-0.2, 0) is 10.5 Å². The number of halogens is 1. The molecule has 8 heteroatoms. The highest BCUT2D eigenvalue weighted by atomic mass is 32.2. The van der Waals surface area contributed by atoms with E-state index in [4.69, 9.17) is 0 Å². The fourth-order valence-corrected chi connectivity index (χ4v) is 4.61. The molecule has 6 nitrogen and oxygen atoms in total. The zero-order valence-electron chi connectivity index (χ0n) is 18.8. The van der Waals surface area contributed by atoms with Gasteiger partial charge < -0.3 is 9.80 Å². The number of hydrogen-bond donors (Lipinski definition) is 0. The normalized spacial score (nSPS) is 13.9. The molecule has 0 spiro atoms. The number of piperazine rings is 1. The molecule has 0 bridgehead atoms. The van der Waals surface area contributed by atoms with Crippen LogP contribution < -0.4 is 10.5 Å². The SMILES string of the molecule is Cc1ccc(-n2nc(N3CCN(C(=O)CSCc4ccc(F)cc4)CC3)ccc2=O)cc1C. The minimum Gasteiger partial charge on any atom is -0.352 e. The van der Waals surface area contributed by atoms with Crippen molar-refractivity contribution in [1.29, 1.82) is 0 Å². The van der Waals surface area contributed by atoms with Crippen molar-refractivity contribution in [2.45, 2.75) is 19.6 Å². The van der Waals surface area contributed by atoms with E-state index in [-0.39, 0.29) is 17.3 Å². The molecular weight excluding hydrogens is 439 g/mol. The Labute approximate surface area is 197 Å². The topological polar surface area (TPSA) is 58.4 Å². The second-order valence-corrected chi connectivity index (χ2v) is 9.18. The van der Waals surface area contributed by atoms with Crippen LogP contribution in [0.2, 0.25) is 0 Å². The summed E-state index contributed by atoms with van der Waals surface area (Å²) in [5.74, 6) is 1.65. The van der Waals surface area contributed by atoms with Gasteiger partial charge in [-0.1, -0.05) is 18.2 Å². The van der Waals surface area contributed by atoms with Crippen LogP contribution in [0.25, 0.3) is 5.69 Å². The van der Waals surface area contributed by atoms with Crippen molar-refractivity contribution in [3.8, 4) is 5.69 Å². The van der Waals surface area contributed by atoms with E-state index in [1.165, 1.54) is 34.1 Å². The second-order valence-electron chi connectivity index (χ2n) is 8.20. The molecule has 172 valence electrons. The van der Waals surface area contributed by atoms with Crippen LogP contribution in [0.1, 0.15) is 16.7 Å². The lowest BCUT2D eigenvalue weighted by Gasteiger charge is -2.35. The largest absolute Gasteiger partial charge is 0.352 e. The number of aromatic nitrogens is 2. The van der Waals surface area contributed by atoms with Crippen molar-refractivity contribution in [2.75, 3.05) is 36.8 Å². The Balaban J connectivity index is 1.33. The van der Waals surface area contributed by atoms with Crippen molar-refractivity contribution in [1.82, 2.24) is 14.7 Å². The Morgan fingerprint density at radius 3 is 2.39 bits per heavy atom. The van der Waals surface area contributed by atoms with E-state index >= 15 is 0 Å². The van der Waals surface area contributed by atoms with E-state index in [1.54, 1.807) is 24.3 Å². The monoisotopic (exact) mass is 466 g/mol. The van der Waals surface area contributed by atoms with Crippen molar-refractivity contribution in [3.63, 3.8) is 0 Å². The van der Waals surface area contributed by atoms with E-state index in [9.17, 15) is 14.0 Å². The lowest BCUT2D eigenvalue weighted by Crippen LogP contribution is -2.49. The van der Waals surface area contributed by atoms with E-state index in [0.29, 0.717) is 37.7 Å². The number of amides is 1. The number of anilines is 1. The third-order valence-corrected chi connectivity index (χ3v) is 6.87. The van der Waals surface area contributed by atoms with Crippen LogP contribution in [0, 0.1) is 19.7 Å². The van der Waals surface area contributed by atoms with E-state index in [2.05, 4.69) is 10.00 Å². The van der Waals surface area contributed by atoms with Gasteiger partial charge in [-0.2, -0.15) is 4.68 Å². The third-order valence-electron chi connectivity index (χ3n) is 5.89. The molecule has 0 radical (unpaired) electrons. The van der Waals surface area contributed by atoms with Gasteiger partial charge in [-0.25, -0.2) is 4.39 Å². The summed E-state index contributed by atoms with van der Waals surface area (Å²) >= 11 is 1.54. The summed E-state index contributed by atoms with van der Waals surface area (Å²) in [6.45, 7) is 6.59. The number of thioether (sulfide) groups is 1. The number of benzene rings is 2. The summed E-state index contributed by atoms with van der Waals surface area (Å²) in [5, 5.41) is 4.59. The Bertz CT molecular complexity index is 1190. The van der Waals surface area contributed by atoms with Gasteiger partial charge in [0.2, 0.25) is 5.91 Å². The standard InChI is InChI=1S/C25H27FN4O2S/c1-18-3-8-22(15-19(18)2)30-24(31)10-9-23(27-30)28-11-13-29(14-12-28)25(32)17-33-16-20-4-6-21(26)7-5-20/h3-10,15H,11-14,16-17H2,1-2H3. The van der Waals surface area contributed by atoms with Crippen LogP contribution >= 0.6 is 11.8 Å². The molecule has 0 aliphatic carbocycles. The van der Waals surface area contributed by atoms with E-state index in [0.717, 1.165) is 22.6 Å². The number of aryl methyl sites for hydroxylation is 2. The van der Waals surface area contributed by atoms with Gasteiger partial charge in [0.1, 0.15) is 11.6 Å². The van der Waals surface area contributed by atoms with Gasteiger partial charge in [-0.05, 0) is 60.9 Å². The van der Waals surface area contributed by atoms with Crippen LogP contribution in [0.5, 0.6) is 0 Å². The van der Waals surface area contributed by atoms with Crippen molar-refractivity contribution in [2.24, 2.45) is 0 Å². The van der Waals surface area contributed by atoms with Gasteiger partial charge in [0.25, 0.3) is 5.56 Å². The van der Waals surface area contributed by atoms with Crippen LogP contribution in [-0.4, -0.2) is 52.5 Å². The van der Waals surface area contributed by atoms with E-state index in [1.807, 2.05) is 36.9 Å². The number of carbonyl (C=O) groups excluding carboxylic acids is 1. The van der Waals surface area contributed by atoms with Crippen molar-refractivity contribution in [3.05, 3.63) is 87.5 Å². The Morgan fingerprint density at radius 2 is 1.70 bits per heavy atom. The van der Waals surface area contributed by atoms with Gasteiger partial charge >= 0.3 is 0 Å². The van der Waals surface area contributed by atoms with Gasteiger partial charge in [0.05, 0.1) is 11.4 Å². The fraction of sp³-hybridized carbons (Fsp3) is 0.320. The van der Waals surface area contributed by atoms with Gasteiger partial charge in [-0.15, -0.1) is 16.9 Å². The lowest BCUT2D eigenvalue weighted by atomic mass is 10.1. The molecule has 0 atom stereocenters. The average Bonchev–Trinajstić information content (AvgIpc) is 2.82. The number of carbonyl (C=O) groups is 1. The fourth-order valence-electron chi connectivity index (χ4n) is 3.73. The molecule has 0 unspecified atom stereocenters. The molecule has 4 rings (SSSR count). The first kappa shape index (κ1) is 23.0. The quantitative estimate of drug-likeness (QED) is 0.556. The summed E-state index contributed by atoms with van der Waals surface area (Å²) in [5.41, 5.74) is 3.85. The zero-order chi connectivity index (χ0) is 23.4. The summed E-state index contributed by atoms with van der Waals surface area (Å²) < 4.78 is 14.4. The first-order chi connectivity index (χ1) is 15.9. The predicted octanol–water partition coefficient (Wildman–Crippen LogP) is 3.57. The maximum absolute atomic E-state index is 13.0. The maximum Gasteiger partial charge on any atom is 0.271 e. The highest BCUT2D eigenvalue weighted by Crippen LogP contribution is 2.17. The average molecular weight is 467 g/mol. The van der Waals surface area contributed by atoms with Crippen molar-refractivity contribution < 1.29 is 9.18 Å². The lowest BCUT2D eigenvalue weighted by molar-refractivity contribution is -0.128. The van der Waals surface area contributed by atoms with Gasteiger partial charge in [-0.3, -0.25) is 9.59 Å². The Morgan fingerprint density at radius 1 is 0.970 bits per heavy atom. The number of nitrogens with zero attached hydrogens (tertiary/aromatic N) is 4. The Kier molecular flexibility index (Phi) is 7.13. The minimum atomic E-state index is -0.253. The molecule has 1 aliphatic rings. The molecule has 0 saturated carbocycles. The summed E-state index contributed by atoms with van der Waals surface area (Å²) in [7, 11) is 0. The van der Waals surface area contributed by atoms with Crippen LogP contribution in [0.15, 0.2) is 59.4 Å². The van der Waals surface area contributed by atoms with Crippen LogP contribution in [0.4, 0.5) is 10.2 Å². The smallest absolute Gasteiger partial charge is 0.271 e. The molecule has 0 N–H and O–H groups in total.